The van der Waals surface area contributed by atoms with Crippen molar-refractivity contribution < 1.29 is 4.42 Å². The molecule has 0 aliphatic heterocycles. The van der Waals surface area contributed by atoms with E-state index in [0.29, 0.717) is 0 Å². The predicted molar refractivity (Wildman–Crippen MR) is 228 cm³/mol. The van der Waals surface area contributed by atoms with Crippen molar-refractivity contribution in [2.75, 3.05) is 4.90 Å². The maximum absolute atomic E-state index is 6.30. The summed E-state index contributed by atoms with van der Waals surface area (Å²) in [5, 5.41) is 4.69. The molecule has 0 aliphatic rings. The first-order chi connectivity index (χ1) is 26.8. The van der Waals surface area contributed by atoms with E-state index in [2.05, 4.69) is 205 Å². The zero-order chi connectivity index (χ0) is 35.8. The zero-order valence-corrected chi connectivity index (χ0v) is 29.6. The van der Waals surface area contributed by atoms with Gasteiger partial charge in [-0.25, -0.2) is 0 Å². The van der Waals surface area contributed by atoms with Crippen LogP contribution in [0.5, 0.6) is 0 Å². The molecule has 0 atom stereocenters. The first kappa shape index (κ1) is 31.6. The van der Waals surface area contributed by atoms with Gasteiger partial charge >= 0.3 is 0 Å². The third-order valence-electron chi connectivity index (χ3n) is 10.5. The van der Waals surface area contributed by atoms with Crippen molar-refractivity contribution in [2.45, 2.75) is 0 Å². The van der Waals surface area contributed by atoms with Gasteiger partial charge in [-0.1, -0.05) is 170 Å². The molecular weight excluding hydrogens is 655 g/mol. The van der Waals surface area contributed by atoms with Crippen molar-refractivity contribution in [1.82, 2.24) is 0 Å². The maximum Gasteiger partial charge on any atom is 0.135 e. The molecule has 0 aliphatic carbocycles. The number of anilines is 3. The van der Waals surface area contributed by atoms with Crippen molar-refractivity contribution in [3.8, 4) is 44.5 Å². The van der Waals surface area contributed by atoms with Crippen LogP contribution in [0, 0.1) is 0 Å². The van der Waals surface area contributed by atoms with Crippen molar-refractivity contribution in [2.24, 2.45) is 0 Å². The summed E-state index contributed by atoms with van der Waals surface area (Å²) in [7, 11) is 0. The molecule has 54 heavy (non-hydrogen) atoms. The third kappa shape index (κ3) is 5.62. The van der Waals surface area contributed by atoms with E-state index in [1.54, 1.807) is 0 Å². The maximum atomic E-state index is 6.30. The average molecular weight is 690 g/mol. The molecule has 0 fully saturated rings. The number of hydrogen-bond donors (Lipinski definition) is 0. The zero-order valence-electron chi connectivity index (χ0n) is 29.6. The van der Waals surface area contributed by atoms with E-state index < -0.39 is 0 Å². The van der Waals surface area contributed by atoms with Gasteiger partial charge in [-0.2, -0.15) is 0 Å². The van der Waals surface area contributed by atoms with Crippen LogP contribution in [-0.4, -0.2) is 0 Å². The Kier molecular flexibility index (Phi) is 7.85. The van der Waals surface area contributed by atoms with Crippen molar-refractivity contribution in [3.05, 3.63) is 212 Å². The highest BCUT2D eigenvalue weighted by Gasteiger charge is 2.22. The molecule has 2 heteroatoms. The van der Waals surface area contributed by atoms with Crippen LogP contribution in [0.4, 0.5) is 17.1 Å². The van der Waals surface area contributed by atoms with E-state index >= 15 is 0 Å². The highest BCUT2D eigenvalue weighted by Crippen LogP contribution is 2.46. The van der Waals surface area contributed by atoms with Gasteiger partial charge in [-0.3, -0.25) is 0 Å². The van der Waals surface area contributed by atoms with E-state index in [-0.39, 0.29) is 0 Å². The van der Waals surface area contributed by atoms with E-state index in [0.717, 1.165) is 61.3 Å². The lowest BCUT2D eigenvalue weighted by Crippen LogP contribution is -2.12. The molecule has 0 spiro atoms. The standard InChI is InChI=1S/C52H35NO/c1-2-14-36(15-3-1)37-28-30-39(31-29-37)45-21-6-9-25-49(45)53(42-32-33-52-48(35-42)47-23-8-11-27-51(47)54-52)50-26-10-7-22-46(50)41-19-12-18-40(34-41)44-24-13-17-38-16-4-5-20-43(38)44/h1-35H. The molecule has 0 N–H and O–H groups in total. The van der Waals surface area contributed by atoms with Gasteiger partial charge in [0.15, 0.2) is 0 Å². The van der Waals surface area contributed by atoms with E-state index in [1.165, 1.54) is 33.0 Å². The summed E-state index contributed by atoms with van der Waals surface area (Å²) in [5.74, 6) is 0. The topological polar surface area (TPSA) is 16.4 Å². The van der Waals surface area contributed by atoms with Gasteiger partial charge in [-0.05, 0) is 86.6 Å². The lowest BCUT2D eigenvalue weighted by molar-refractivity contribution is 0.669. The molecule has 2 nitrogen and oxygen atoms in total. The minimum Gasteiger partial charge on any atom is -0.456 e. The molecule has 10 rings (SSSR count). The smallest absolute Gasteiger partial charge is 0.135 e. The number of fused-ring (bicyclic) bond motifs is 4. The summed E-state index contributed by atoms with van der Waals surface area (Å²) < 4.78 is 6.30. The number of furan rings is 1. The third-order valence-corrected chi connectivity index (χ3v) is 10.5. The second-order valence-electron chi connectivity index (χ2n) is 13.7. The summed E-state index contributed by atoms with van der Waals surface area (Å²) in [6.45, 7) is 0. The fourth-order valence-electron chi connectivity index (χ4n) is 7.89. The van der Waals surface area contributed by atoms with E-state index in [1.807, 2.05) is 12.1 Å². The summed E-state index contributed by atoms with van der Waals surface area (Å²) in [6.07, 6.45) is 0. The lowest BCUT2D eigenvalue weighted by atomic mass is 9.94. The van der Waals surface area contributed by atoms with Crippen LogP contribution in [0.1, 0.15) is 0 Å². The molecule has 1 heterocycles. The Balaban J connectivity index is 1.17. The number of para-hydroxylation sites is 3. The minimum atomic E-state index is 0.876. The Morgan fingerprint density at radius 3 is 1.61 bits per heavy atom. The van der Waals surface area contributed by atoms with Crippen LogP contribution in [0.15, 0.2) is 217 Å². The minimum absolute atomic E-state index is 0.876. The molecule has 0 radical (unpaired) electrons. The summed E-state index contributed by atoms with van der Waals surface area (Å²) in [5.41, 5.74) is 14.4. The van der Waals surface area contributed by atoms with Gasteiger partial charge in [0.25, 0.3) is 0 Å². The fraction of sp³-hybridized carbons (Fsp3) is 0. The normalized spacial score (nSPS) is 11.3. The first-order valence-electron chi connectivity index (χ1n) is 18.4. The van der Waals surface area contributed by atoms with Crippen molar-refractivity contribution in [1.29, 1.82) is 0 Å². The van der Waals surface area contributed by atoms with Crippen LogP contribution < -0.4 is 4.90 Å². The van der Waals surface area contributed by atoms with Gasteiger partial charge in [0.1, 0.15) is 11.2 Å². The van der Waals surface area contributed by atoms with E-state index in [4.69, 9.17) is 4.42 Å². The molecule has 0 bridgehead atoms. The quantitative estimate of drug-likeness (QED) is 0.166. The summed E-state index contributed by atoms with van der Waals surface area (Å²) in [4.78, 5) is 2.42. The molecule has 0 amide bonds. The van der Waals surface area contributed by atoms with Gasteiger partial charge in [-0.15, -0.1) is 0 Å². The Morgan fingerprint density at radius 2 is 0.815 bits per heavy atom. The lowest BCUT2D eigenvalue weighted by Gasteiger charge is -2.30. The largest absolute Gasteiger partial charge is 0.456 e. The molecule has 10 aromatic rings. The summed E-state index contributed by atoms with van der Waals surface area (Å²) >= 11 is 0. The molecule has 254 valence electrons. The second-order valence-corrected chi connectivity index (χ2v) is 13.7. The van der Waals surface area contributed by atoms with Gasteiger partial charge in [0.2, 0.25) is 0 Å². The number of benzene rings is 9. The van der Waals surface area contributed by atoms with Crippen LogP contribution in [0.2, 0.25) is 0 Å². The number of hydrogen-bond acceptors (Lipinski definition) is 2. The first-order valence-corrected chi connectivity index (χ1v) is 18.4. The molecule has 0 unspecified atom stereocenters. The SMILES string of the molecule is c1ccc(-c2ccc(-c3ccccc3N(c3ccc4oc5ccccc5c4c3)c3ccccc3-c3cccc(-c4cccc5ccccc45)c3)cc2)cc1. The van der Waals surface area contributed by atoms with Crippen molar-refractivity contribution in [3.63, 3.8) is 0 Å². The second kappa shape index (κ2) is 13.4. The van der Waals surface area contributed by atoms with Gasteiger partial charge in [0, 0.05) is 27.6 Å². The van der Waals surface area contributed by atoms with Gasteiger partial charge < -0.3 is 9.32 Å². The average Bonchev–Trinajstić information content (AvgIpc) is 3.62. The fourth-order valence-corrected chi connectivity index (χ4v) is 7.89. The van der Waals surface area contributed by atoms with E-state index in [9.17, 15) is 0 Å². The molecule has 9 aromatic carbocycles. The Labute approximate surface area is 314 Å². The molecule has 1 aromatic heterocycles. The van der Waals surface area contributed by atoms with Crippen LogP contribution in [0.3, 0.4) is 0 Å². The van der Waals surface area contributed by atoms with Gasteiger partial charge in [0.05, 0.1) is 11.4 Å². The Hall–Kier alpha value is -7.16. The molecule has 0 saturated carbocycles. The highest BCUT2D eigenvalue weighted by molar-refractivity contribution is 6.07. The number of rotatable bonds is 7. The Bertz CT molecular complexity index is 2930. The molecule has 0 saturated heterocycles. The molecular formula is C52H35NO. The Morgan fingerprint density at radius 1 is 0.296 bits per heavy atom. The predicted octanol–water partition coefficient (Wildman–Crippen LogP) is 14.9. The van der Waals surface area contributed by atoms with Crippen LogP contribution in [-0.2, 0) is 0 Å². The van der Waals surface area contributed by atoms with Crippen LogP contribution >= 0.6 is 0 Å². The summed E-state index contributed by atoms with van der Waals surface area (Å²) in [6, 6.07) is 76.0. The number of nitrogens with zero attached hydrogens (tertiary/aromatic N) is 1. The van der Waals surface area contributed by atoms with Crippen LogP contribution in [0.25, 0.3) is 77.2 Å². The highest BCUT2D eigenvalue weighted by atomic mass is 16.3. The van der Waals surface area contributed by atoms with Crippen molar-refractivity contribution >= 4 is 49.8 Å². The monoisotopic (exact) mass is 689 g/mol.